The van der Waals surface area contributed by atoms with Gasteiger partial charge in [0.1, 0.15) is 0 Å². The van der Waals surface area contributed by atoms with Crippen molar-refractivity contribution in [1.29, 1.82) is 0 Å². The van der Waals surface area contributed by atoms with E-state index in [9.17, 15) is 4.79 Å². The summed E-state index contributed by atoms with van der Waals surface area (Å²) in [7, 11) is 1.74. The predicted molar refractivity (Wildman–Crippen MR) is 75.7 cm³/mol. The standard InChI is InChI=1S/C15H28N2O2/c1-14(2)11(9-12(14)19-3)17-13(18)15(10-16)7-5-4-6-8-15/h11-12H,4-10,16H2,1-3H3,(H,17,18). The van der Waals surface area contributed by atoms with E-state index in [0.29, 0.717) is 6.54 Å². The van der Waals surface area contributed by atoms with Gasteiger partial charge in [0.05, 0.1) is 11.5 Å². The van der Waals surface area contributed by atoms with Crippen LogP contribution in [-0.4, -0.2) is 31.7 Å². The van der Waals surface area contributed by atoms with Gasteiger partial charge in [0, 0.05) is 25.1 Å². The van der Waals surface area contributed by atoms with Crippen molar-refractivity contribution in [1.82, 2.24) is 5.32 Å². The van der Waals surface area contributed by atoms with Crippen molar-refractivity contribution in [2.75, 3.05) is 13.7 Å². The van der Waals surface area contributed by atoms with Crippen molar-refractivity contribution in [2.24, 2.45) is 16.6 Å². The van der Waals surface area contributed by atoms with Gasteiger partial charge in [-0.05, 0) is 19.3 Å². The van der Waals surface area contributed by atoms with E-state index < -0.39 is 0 Å². The molecule has 0 spiro atoms. The second-order valence-corrected chi connectivity index (χ2v) is 6.85. The van der Waals surface area contributed by atoms with E-state index in [2.05, 4.69) is 19.2 Å². The first-order valence-corrected chi connectivity index (χ1v) is 7.50. The van der Waals surface area contributed by atoms with Gasteiger partial charge in [-0.1, -0.05) is 33.1 Å². The van der Waals surface area contributed by atoms with Crippen molar-refractivity contribution in [2.45, 2.75) is 64.5 Å². The fourth-order valence-electron chi connectivity index (χ4n) is 3.59. The lowest BCUT2D eigenvalue weighted by atomic mass is 9.63. The number of nitrogens with one attached hydrogen (secondary N) is 1. The molecule has 4 heteroatoms. The summed E-state index contributed by atoms with van der Waals surface area (Å²) < 4.78 is 5.43. The van der Waals surface area contributed by atoms with Gasteiger partial charge < -0.3 is 15.8 Å². The monoisotopic (exact) mass is 268 g/mol. The normalized spacial score (nSPS) is 32.4. The number of rotatable bonds is 4. The summed E-state index contributed by atoms with van der Waals surface area (Å²) in [6.45, 7) is 4.79. The average Bonchev–Trinajstić information content (AvgIpc) is 2.43. The van der Waals surface area contributed by atoms with Crippen molar-refractivity contribution in [3.8, 4) is 0 Å². The van der Waals surface area contributed by atoms with Crippen LogP contribution >= 0.6 is 0 Å². The molecule has 4 nitrogen and oxygen atoms in total. The predicted octanol–water partition coefficient (Wildman–Crippen LogP) is 1.83. The maximum absolute atomic E-state index is 12.6. The van der Waals surface area contributed by atoms with E-state index in [0.717, 1.165) is 32.1 Å². The lowest BCUT2D eigenvalue weighted by Crippen LogP contribution is -2.64. The number of ether oxygens (including phenoxy) is 1. The summed E-state index contributed by atoms with van der Waals surface area (Å²) in [5.74, 6) is 0.169. The number of nitrogens with two attached hydrogens (primary N) is 1. The molecule has 19 heavy (non-hydrogen) atoms. The average molecular weight is 268 g/mol. The Labute approximate surface area is 116 Å². The number of carbonyl (C=O) groups excluding carboxylic acids is 1. The Morgan fingerprint density at radius 3 is 2.42 bits per heavy atom. The van der Waals surface area contributed by atoms with Crippen LogP contribution in [0, 0.1) is 10.8 Å². The molecule has 2 aliphatic carbocycles. The third-order valence-electron chi connectivity index (χ3n) is 5.45. The molecule has 3 N–H and O–H groups in total. The Kier molecular flexibility index (Phi) is 4.21. The van der Waals surface area contributed by atoms with Crippen LogP contribution in [0.4, 0.5) is 0 Å². The van der Waals surface area contributed by atoms with Crippen molar-refractivity contribution in [3.63, 3.8) is 0 Å². The van der Waals surface area contributed by atoms with Gasteiger partial charge >= 0.3 is 0 Å². The van der Waals surface area contributed by atoms with Crippen LogP contribution in [0.1, 0.15) is 52.4 Å². The Hall–Kier alpha value is -0.610. The highest BCUT2D eigenvalue weighted by Crippen LogP contribution is 2.43. The zero-order chi connectivity index (χ0) is 14.1. The van der Waals surface area contributed by atoms with Crippen LogP contribution in [0.2, 0.25) is 0 Å². The molecule has 0 heterocycles. The SMILES string of the molecule is COC1CC(NC(=O)C2(CN)CCCCC2)C1(C)C. The van der Waals surface area contributed by atoms with E-state index in [1.54, 1.807) is 7.11 Å². The van der Waals surface area contributed by atoms with Crippen LogP contribution in [0.15, 0.2) is 0 Å². The Morgan fingerprint density at radius 2 is 1.95 bits per heavy atom. The highest BCUT2D eigenvalue weighted by atomic mass is 16.5. The summed E-state index contributed by atoms with van der Waals surface area (Å²) >= 11 is 0. The van der Waals surface area contributed by atoms with E-state index in [4.69, 9.17) is 10.5 Å². The smallest absolute Gasteiger partial charge is 0.227 e. The summed E-state index contributed by atoms with van der Waals surface area (Å²) in [5.41, 5.74) is 5.62. The number of methoxy groups -OCH3 is 1. The van der Waals surface area contributed by atoms with Crippen LogP contribution in [0.5, 0.6) is 0 Å². The van der Waals surface area contributed by atoms with Crippen LogP contribution in [-0.2, 0) is 9.53 Å². The third-order valence-corrected chi connectivity index (χ3v) is 5.45. The molecule has 0 aromatic heterocycles. The molecule has 2 fully saturated rings. The Balaban J connectivity index is 1.97. The lowest BCUT2D eigenvalue weighted by Gasteiger charge is -2.52. The van der Waals surface area contributed by atoms with Gasteiger partial charge in [0.2, 0.25) is 5.91 Å². The molecular weight excluding hydrogens is 240 g/mol. The van der Waals surface area contributed by atoms with Gasteiger partial charge in [-0.25, -0.2) is 0 Å². The molecule has 2 saturated carbocycles. The van der Waals surface area contributed by atoms with E-state index >= 15 is 0 Å². The van der Waals surface area contributed by atoms with Crippen LogP contribution in [0.3, 0.4) is 0 Å². The van der Waals surface area contributed by atoms with Gasteiger partial charge in [-0.15, -0.1) is 0 Å². The van der Waals surface area contributed by atoms with E-state index in [1.807, 2.05) is 0 Å². The Morgan fingerprint density at radius 1 is 1.32 bits per heavy atom. The molecular formula is C15H28N2O2. The molecule has 0 aromatic carbocycles. The minimum Gasteiger partial charge on any atom is -0.381 e. The highest BCUT2D eigenvalue weighted by Gasteiger charge is 2.51. The minimum atomic E-state index is -0.313. The van der Waals surface area contributed by atoms with Crippen LogP contribution in [0.25, 0.3) is 0 Å². The number of amides is 1. The Bertz CT molecular complexity index is 335. The van der Waals surface area contributed by atoms with Crippen molar-refractivity contribution >= 4 is 5.91 Å². The van der Waals surface area contributed by atoms with Gasteiger partial charge in [-0.2, -0.15) is 0 Å². The molecule has 0 aromatic rings. The first kappa shape index (κ1) is 14.8. The van der Waals surface area contributed by atoms with E-state index in [-0.39, 0.29) is 28.9 Å². The maximum Gasteiger partial charge on any atom is 0.227 e. The second-order valence-electron chi connectivity index (χ2n) is 6.85. The topological polar surface area (TPSA) is 64.3 Å². The molecule has 0 saturated heterocycles. The van der Waals surface area contributed by atoms with Crippen molar-refractivity contribution < 1.29 is 9.53 Å². The second kappa shape index (κ2) is 5.41. The van der Waals surface area contributed by atoms with Crippen LogP contribution < -0.4 is 11.1 Å². The first-order valence-electron chi connectivity index (χ1n) is 7.50. The molecule has 2 aliphatic rings. The van der Waals surface area contributed by atoms with Gasteiger partial charge in [0.15, 0.2) is 0 Å². The number of carbonyl (C=O) groups is 1. The fourth-order valence-corrected chi connectivity index (χ4v) is 3.59. The lowest BCUT2D eigenvalue weighted by molar-refractivity contribution is -0.142. The third kappa shape index (κ3) is 2.52. The quantitative estimate of drug-likeness (QED) is 0.817. The molecule has 0 radical (unpaired) electrons. The molecule has 2 unspecified atom stereocenters. The molecule has 110 valence electrons. The van der Waals surface area contributed by atoms with Gasteiger partial charge in [0.25, 0.3) is 0 Å². The summed E-state index contributed by atoms with van der Waals surface area (Å²) in [6.07, 6.45) is 6.52. The zero-order valence-corrected chi connectivity index (χ0v) is 12.5. The summed E-state index contributed by atoms with van der Waals surface area (Å²) in [4.78, 5) is 12.6. The molecule has 1 amide bonds. The van der Waals surface area contributed by atoms with Gasteiger partial charge in [-0.3, -0.25) is 4.79 Å². The number of hydrogen-bond donors (Lipinski definition) is 2. The molecule has 0 bridgehead atoms. The van der Waals surface area contributed by atoms with Crippen molar-refractivity contribution in [3.05, 3.63) is 0 Å². The first-order chi connectivity index (χ1) is 8.96. The fraction of sp³-hybridized carbons (Fsp3) is 0.933. The molecule has 2 atom stereocenters. The zero-order valence-electron chi connectivity index (χ0n) is 12.5. The molecule has 2 rings (SSSR count). The highest BCUT2D eigenvalue weighted by molar-refractivity contribution is 5.83. The van der Waals surface area contributed by atoms with E-state index in [1.165, 1.54) is 6.42 Å². The maximum atomic E-state index is 12.6. The minimum absolute atomic E-state index is 0.0227. The largest absolute Gasteiger partial charge is 0.381 e. The molecule has 0 aliphatic heterocycles. The summed E-state index contributed by atoms with van der Waals surface area (Å²) in [5, 5.41) is 3.23. The summed E-state index contributed by atoms with van der Waals surface area (Å²) in [6, 6.07) is 0.218. The number of hydrogen-bond acceptors (Lipinski definition) is 3.